The van der Waals surface area contributed by atoms with Crippen LogP contribution in [0.2, 0.25) is 0 Å². The molecule has 0 spiro atoms. The fourth-order valence-electron chi connectivity index (χ4n) is 4.46. The molecule has 0 unspecified atom stereocenters. The van der Waals surface area contributed by atoms with E-state index in [2.05, 4.69) is 28.2 Å². The predicted molar refractivity (Wildman–Crippen MR) is 137 cm³/mol. The van der Waals surface area contributed by atoms with Crippen molar-refractivity contribution in [3.05, 3.63) is 93.5 Å². The average molecular weight is 477 g/mol. The number of nitrogens with one attached hydrogen (secondary N) is 2. The lowest BCUT2D eigenvalue weighted by molar-refractivity contribution is 0.0939. The van der Waals surface area contributed by atoms with E-state index in [1.54, 1.807) is 25.1 Å². The van der Waals surface area contributed by atoms with Crippen LogP contribution in [0, 0.1) is 20.8 Å². The van der Waals surface area contributed by atoms with Gasteiger partial charge in [0.15, 0.2) is 0 Å². The first kappa shape index (κ1) is 24.0. The van der Waals surface area contributed by atoms with Gasteiger partial charge in [0, 0.05) is 5.56 Å². The lowest BCUT2D eigenvalue weighted by atomic mass is 9.89. The van der Waals surface area contributed by atoms with Gasteiger partial charge in [-0.1, -0.05) is 36.4 Å². The summed E-state index contributed by atoms with van der Waals surface area (Å²) in [5.74, 6) is -0.298. The quantitative estimate of drug-likeness (QED) is 0.473. The molecule has 5 nitrogen and oxygen atoms in total. The van der Waals surface area contributed by atoms with Crippen LogP contribution in [0.4, 0.5) is 5.69 Å². The van der Waals surface area contributed by atoms with Gasteiger partial charge < -0.3 is 5.32 Å². The van der Waals surface area contributed by atoms with Crippen molar-refractivity contribution < 1.29 is 13.2 Å². The molecule has 34 heavy (non-hydrogen) atoms. The third-order valence-corrected chi connectivity index (χ3v) is 8.10. The van der Waals surface area contributed by atoms with E-state index in [0.29, 0.717) is 16.8 Å². The molecule has 0 saturated heterocycles. The zero-order valence-corrected chi connectivity index (χ0v) is 21.1. The molecule has 3 aromatic rings. The van der Waals surface area contributed by atoms with Crippen molar-refractivity contribution in [3.63, 3.8) is 0 Å². The van der Waals surface area contributed by atoms with E-state index in [4.69, 9.17) is 0 Å². The third kappa shape index (κ3) is 5.17. The average Bonchev–Trinajstić information content (AvgIpc) is 2.81. The van der Waals surface area contributed by atoms with E-state index in [-0.39, 0.29) is 16.8 Å². The molecule has 0 aromatic heterocycles. The van der Waals surface area contributed by atoms with Crippen molar-refractivity contribution >= 4 is 21.6 Å². The molecule has 4 rings (SSSR count). The normalized spacial score (nSPS) is 14.2. The molecule has 0 bridgehead atoms. The summed E-state index contributed by atoms with van der Waals surface area (Å²) in [5.41, 5.74) is 7.06. The maximum absolute atomic E-state index is 13.2. The first-order valence-corrected chi connectivity index (χ1v) is 13.3. The predicted octanol–water partition coefficient (Wildman–Crippen LogP) is 5.78. The minimum atomic E-state index is -3.86. The molecular formula is C28H32N2O3S. The first-order valence-electron chi connectivity index (χ1n) is 11.8. The van der Waals surface area contributed by atoms with Crippen molar-refractivity contribution in [2.75, 3.05) is 4.72 Å². The number of sulfonamides is 1. The molecule has 1 amide bonds. The van der Waals surface area contributed by atoms with Crippen LogP contribution in [0.15, 0.2) is 59.5 Å². The van der Waals surface area contributed by atoms with Crippen molar-refractivity contribution in [1.82, 2.24) is 5.32 Å². The van der Waals surface area contributed by atoms with Crippen LogP contribution in [-0.4, -0.2) is 14.3 Å². The minimum Gasteiger partial charge on any atom is -0.346 e. The summed E-state index contributed by atoms with van der Waals surface area (Å²) in [6.07, 6.45) is 4.63. The van der Waals surface area contributed by atoms with Gasteiger partial charge in [0.2, 0.25) is 0 Å². The van der Waals surface area contributed by atoms with Gasteiger partial charge in [0.25, 0.3) is 15.9 Å². The summed E-state index contributed by atoms with van der Waals surface area (Å²) in [7, 11) is -3.86. The molecule has 1 aliphatic rings. The summed E-state index contributed by atoms with van der Waals surface area (Å²) >= 11 is 0. The van der Waals surface area contributed by atoms with Gasteiger partial charge in [0.1, 0.15) is 0 Å². The van der Waals surface area contributed by atoms with E-state index >= 15 is 0 Å². The second-order valence-electron chi connectivity index (χ2n) is 9.33. The molecule has 178 valence electrons. The second kappa shape index (κ2) is 9.63. The number of carbonyl (C=O) groups is 1. The SMILES string of the molecule is Cc1ccc(C)c(NS(=O)(=O)c2cc(C(=O)N[C@@H](C)c3ccc4c(c3)CCCC4)ccc2C)c1. The maximum atomic E-state index is 13.2. The van der Waals surface area contributed by atoms with Crippen LogP contribution in [0.1, 0.15) is 69.5 Å². The molecule has 0 heterocycles. The Labute approximate surface area is 202 Å². The second-order valence-corrected chi connectivity index (χ2v) is 11.0. The molecule has 1 atom stereocenters. The Morgan fingerprint density at radius 1 is 0.853 bits per heavy atom. The van der Waals surface area contributed by atoms with Gasteiger partial charge in [-0.05, 0) is 105 Å². The van der Waals surface area contributed by atoms with Crippen LogP contribution >= 0.6 is 0 Å². The van der Waals surface area contributed by atoms with Crippen molar-refractivity contribution in [3.8, 4) is 0 Å². The topological polar surface area (TPSA) is 75.3 Å². The molecule has 2 N–H and O–H groups in total. The fraction of sp³-hybridized carbons (Fsp3) is 0.321. The molecule has 0 aliphatic heterocycles. The van der Waals surface area contributed by atoms with E-state index < -0.39 is 10.0 Å². The molecule has 1 aliphatic carbocycles. The number of amides is 1. The Morgan fingerprint density at radius 3 is 2.32 bits per heavy atom. The molecule has 6 heteroatoms. The summed E-state index contributed by atoms with van der Waals surface area (Å²) in [5, 5.41) is 3.03. The number of rotatable bonds is 6. The minimum absolute atomic E-state index is 0.0995. The monoisotopic (exact) mass is 476 g/mol. The number of hydrogen-bond donors (Lipinski definition) is 2. The lowest BCUT2D eigenvalue weighted by Crippen LogP contribution is -2.27. The van der Waals surface area contributed by atoms with E-state index in [9.17, 15) is 13.2 Å². The van der Waals surface area contributed by atoms with Gasteiger partial charge >= 0.3 is 0 Å². The Bertz CT molecular complexity index is 1350. The molecule has 0 radical (unpaired) electrons. The number of aryl methyl sites for hydroxylation is 5. The number of benzene rings is 3. The number of fused-ring (bicyclic) bond motifs is 1. The van der Waals surface area contributed by atoms with Crippen LogP contribution in [-0.2, 0) is 22.9 Å². The van der Waals surface area contributed by atoms with Crippen LogP contribution in [0.3, 0.4) is 0 Å². The van der Waals surface area contributed by atoms with E-state index in [1.807, 2.05) is 32.9 Å². The summed E-state index contributed by atoms with van der Waals surface area (Å²) < 4.78 is 29.1. The summed E-state index contributed by atoms with van der Waals surface area (Å²) in [4.78, 5) is 13.1. The molecule has 0 fully saturated rings. The molecule has 0 saturated carbocycles. The van der Waals surface area contributed by atoms with Gasteiger partial charge in [-0.15, -0.1) is 0 Å². The Kier molecular flexibility index (Phi) is 6.80. The highest BCUT2D eigenvalue weighted by Gasteiger charge is 2.21. The van der Waals surface area contributed by atoms with Gasteiger partial charge in [0.05, 0.1) is 16.6 Å². The van der Waals surface area contributed by atoms with Crippen LogP contribution in [0.5, 0.6) is 0 Å². The number of carbonyl (C=O) groups excluding carboxylic acids is 1. The van der Waals surface area contributed by atoms with Gasteiger partial charge in [-0.3, -0.25) is 9.52 Å². The summed E-state index contributed by atoms with van der Waals surface area (Å²) in [6, 6.07) is 16.7. The number of anilines is 1. The number of hydrogen-bond acceptors (Lipinski definition) is 3. The van der Waals surface area contributed by atoms with E-state index in [1.165, 1.54) is 30.0 Å². The Balaban J connectivity index is 1.55. The molecule has 3 aromatic carbocycles. The highest BCUT2D eigenvalue weighted by Crippen LogP contribution is 2.26. The fourth-order valence-corrected chi connectivity index (χ4v) is 5.86. The zero-order chi connectivity index (χ0) is 24.5. The van der Waals surface area contributed by atoms with Crippen LogP contribution < -0.4 is 10.0 Å². The maximum Gasteiger partial charge on any atom is 0.262 e. The van der Waals surface area contributed by atoms with Crippen molar-refractivity contribution in [2.45, 2.75) is 64.3 Å². The summed E-state index contributed by atoms with van der Waals surface area (Å²) in [6.45, 7) is 7.46. The van der Waals surface area contributed by atoms with E-state index in [0.717, 1.165) is 29.5 Å². The largest absolute Gasteiger partial charge is 0.346 e. The van der Waals surface area contributed by atoms with Gasteiger partial charge in [-0.2, -0.15) is 0 Å². The standard InChI is InChI=1S/C28H32N2O3S/c1-18-9-10-19(2)26(15-18)30-34(32,33)27-17-25(12-11-20(27)3)28(31)29-21(4)23-14-13-22-7-5-6-8-24(22)16-23/h9-17,21,30H,5-8H2,1-4H3,(H,29,31)/t21-/m0/s1. The Morgan fingerprint density at radius 2 is 1.56 bits per heavy atom. The first-order chi connectivity index (χ1) is 16.1. The highest BCUT2D eigenvalue weighted by atomic mass is 32.2. The van der Waals surface area contributed by atoms with Crippen LogP contribution in [0.25, 0.3) is 0 Å². The smallest absolute Gasteiger partial charge is 0.262 e. The van der Waals surface area contributed by atoms with Crippen molar-refractivity contribution in [2.24, 2.45) is 0 Å². The van der Waals surface area contributed by atoms with Gasteiger partial charge in [-0.25, -0.2) is 8.42 Å². The van der Waals surface area contributed by atoms with Crippen molar-refractivity contribution in [1.29, 1.82) is 0 Å². The highest BCUT2D eigenvalue weighted by molar-refractivity contribution is 7.92. The third-order valence-electron chi connectivity index (χ3n) is 6.60. The zero-order valence-electron chi connectivity index (χ0n) is 20.2. The molecular weight excluding hydrogens is 444 g/mol. The Hall–Kier alpha value is -3.12. The lowest BCUT2D eigenvalue weighted by Gasteiger charge is -2.20.